The largest absolute Gasteiger partial charge is 0.456 e. The third-order valence-corrected chi connectivity index (χ3v) is 11.2. The summed E-state index contributed by atoms with van der Waals surface area (Å²) in [5.41, 5.74) is 15.5. The zero-order chi connectivity index (χ0) is 37.7. The third-order valence-electron chi connectivity index (χ3n) is 11.2. The molecule has 3 nitrogen and oxygen atoms in total. The van der Waals surface area contributed by atoms with Crippen molar-refractivity contribution in [1.82, 2.24) is 4.57 Å². The van der Waals surface area contributed by atoms with Crippen molar-refractivity contribution in [3.8, 4) is 39.1 Å². The van der Waals surface area contributed by atoms with Crippen molar-refractivity contribution in [2.75, 3.05) is 4.90 Å². The van der Waals surface area contributed by atoms with Crippen LogP contribution in [0.15, 0.2) is 223 Å². The van der Waals surface area contributed by atoms with Gasteiger partial charge in [-0.3, -0.25) is 0 Å². The fourth-order valence-electron chi connectivity index (χ4n) is 8.59. The first kappa shape index (κ1) is 32.8. The summed E-state index contributed by atoms with van der Waals surface area (Å²) >= 11 is 0. The highest BCUT2D eigenvalue weighted by Crippen LogP contribution is 2.46. The molecule has 0 aliphatic carbocycles. The fraction of sp³-hybridized carbons (Fsp3) is 0. The predicted molar refractivity (Wildman–Crippen MR) is 239 cm³/mol. The molecule has 0 saturated heterocycles. The number of benzene rings is 9. The summed E-state index contributed by atoms with van der Waals surface area (Å²) in [4.78, 5) is 2.38. The average molecular weight is 729 g/mol. The molecule has 9 aromatic carbocycles. The average Bonchev–Trinajstić information content (AvgIpc) is 3.84. The van der Waals surface area contributed by atoms with E-state index in [1.807, 2.05) is 6.07 Å². The van der Waals surface area contributed by atoms with Gasteiger partial charge >= 0.3 is 0 Å². The Bertz CT molecular complexity index is 3220. The van der Waals surface area contributed by atoms with Crippen LogP contribution >= 0.6 is 0 Å². The Morgan fingerprint density at radius 2 is 0.947 bits per heavy atom. The van der Waals surface area contributed by atoms with E-state index in [2.05, 4.69) is 222 Å². The zero-order valence-corrected chi connectivity index (χ0v) is 31.1. The Labute approximate surface area is 330 Å². The molecule has 2 aromatic heterocycles. The highest BCUT2D eigenvalue weighted by molar-refractivity contribution is 6.17. The number of hydrogen-bond donors (Lipinski definition) is 0. The zero-order valence-electron chi connectivity index (χ0n) is 31.1. The number of anilines is 3. The third kappa shape index (κ3) is 5.60. The molecule has 0 atom stereocenters. The molecule has 0 aliphatic rings. The van der Waals surface area contributed by atoms with E-state index in [1.54, 1.807) is 0 Å². The van der Waals surface area contributed by atoms with E-state index in [0.29, 0.717) is 0 Å². The Balaban J connectivity index is 1.16. The van der Waals surface area contributed by atoms with Gasteiger partial charge in [0.25, 0.3) is 0 Å². The molecule has 2 heterocycles. The molecule has 57 heavy (non-hydrogen) atoms. The highest BCUT2D eigenvalue weighted by atomic mass is 16.3. The molecule has 0 radical (unpaired) electrons. The van der Waals surface area contributed by atoms with Crippen LogP contribution in [-0.4, -0.2) is 4.57 Å². The first-order valence-corrected chi connectivity index (χ1v) is 19.4. The van der Waals surface area contributed by atoms with E-state index in [0.717, 1.165) is 55.7 Å². The second-order valence-corrected chi connectivity index (χ2v) is 14.5. The van der Waals surface area contributed by atoms with Crippen LogP contribution in [0.4, 0.5) is 17.1 Å². The van der Waals surface area contributed by atoms with Gasteiger partial charge in [0.05, 0.1) is 22.1 Å². The second kappa shape index (κ2) is 13.6. The lowest BCUT2D eigenvalue weighted by molar-refractivity contribution is 0.669. The van der Waals surface area contributed by atoms with Gasteiger partial charge in [0.15, 0.2) is 0 Å². The highest BCUT2D eigenvalue weighted by Gasteiger charge is 2.22. The van der Waals surface area contributed by atoms with Gasteiger partial charge in [-0.25, -0.2) is 0 Å². The standard InChI is InChI=1S/C54H36N2O/c1-4-15-37(16-5-1)39-29-31-43(32-30-39)55(49-26-14-28-52-54(49)47-23-10-11-27-51(47)57-52)44-33-34-46-50(36-44)56(42-21-8-3-9-22-42)48-25-13-24-45(53(46)48)41-20-12-19-40(35-41)38-17-6-2-7-18-38/h1-36H. The molecule has 11 aromatic rings. The van der Waals surface area contributed by atoms with E-state index in [1.165, 1.54) is 44.2 Å². The van der Waals surface area contributed by atoms with Crippen molar-refractivity contribution in [3.63, 3.8) is 0 Å². The van der Waals surface area contributed by atoms with E-state index in [4.69, 9.17) is 4.42 Å². The molecule has 3 heteroatoms. The lowest BCUT2D eigenvalue weighted by Gasteiger charge is -2.27. The van der Waals surface area contributed by atoms with Crippen LogP contribution in [0.25, 0.3) is 82.8 Å². The number of furan rings is 1. The summed E-state index contributed by atoms with van der Waals surface area (Å²) in [6.07, 6.45) is 0. The van der Waals surface area contributed by atoms with Crippen molar-refractivity contribution >= 4 is 60.8 Å². The van der Waals surface area contributed by atoms with Gasteiger partial charge in [-0.05, 0) is 100 Å². The first-order chi connectivity index (χ1) is 28.3. The Morgan fingerprint density at radius 1 is 0.351 bits per heavy atom. The minimum Gasteiger partial charge on any atom is -0.456 e. The SMILES string of the molecule is c1ccc(-c2ccc(N(c3ccc4c5c(-c6cccc(-c7ccccc7)c6)cccc5n(-c5ccccc5)c4c3)c3cccc4oc5ccccc5c34)cc2)cc1. The normalized spacial score (nSPS) is 11.5. The van der Waals surface area contributed by atoms with E-state index in [-0.39, 0.29) is 0 Å². The minimum absolute atomic E-state index is 0.862. The molecule has 0 saturated carbocycles. The van der Waals surface area contributed by atoms with Crippen LogP contribution in [0.1, 0.15) is 0 Å². The smallest absolute Gasteiger partial charge is 0.137 e. The first-order valence-electron chi connectivity index (χ1n) is 19.4. The van der Waals surface area contributed by atoms with Crippen molar-refractivity contribution < 1.29 is 4.42 Å². The lowest BCUT2D eigenvalue weighted by atomic mass is 9.96. The molecule has 0 amide bonds. The van der Waals surface area contributed by atoms with Crippen LogP contribution < -0.4 is 4.90 Å². The lowest BCUT2D eigenvalue weighted by Crippen LogP contribution is -2.10. The maximum absolute atomic E-state index is 6.44. The minimum atomic E-state index is 0.862. The monoisotopic (exact) mass is 728 g/mol. The summed E-state index contributed by atoms with van der Waals surface area (Å²) < 4.78 is 8.86. The maximum Gasteiger partial charge on any atom is 0.137 e. The van der Waals surface area contributed by atoms with Crippen LogP contribution in [0, 0.1) is 0 Å². The number of fused-ring (bicyclic) bond motifs is 6. The molecule has 268 valence electrons. The predicted octanol–water partition coefficient (Wildman–Crippen LogP) is 15.2. The second-order valence-electron chi connectivity index (χ2n) is 14.5. The summed E-state index contributed by atoms with van der Waals surface area (Å²) in [7, 11) is 0. The quantitative estimate of drug-likeness (QED) is 0.163. The number of rotatable bonds is 7. The van der Waals surface area contributed by atoms with Gasteiger partial charge < -0.3 is 13.9 Å². The van der Waals surface area contributed by atoms with Gasteiger partial charge in [0, 0.05) is 33.2 Å². The molecular formula is C54H36N2O. The molecule has 0 N–H and O–H groups in total. The fourth-order valence-corrected chi connectivity index (χ4v) is 8.59. The number of nitrogens with zero attached hydrogens (tertiary/aromatic N) is 2. The maximum atomic E-state index is 6.44. The Hall–Kier alpha value is -7.62. The summed E-state index contributed by atoms with van der Waals surface area (Å²) in [6.45, 7) is 0. The molecule has 0 spiro atoms. The van der Waals surface area contributed by atoms with Crippen molar-refractivity contribution in [3.05, 3.63) is 218 Å². The Kier molecular flexibility index (Phi) is 7.82. The van der Waals surface area contributed by atoms with Gasteiger partial charge in [0.1, 0.15) is 11.2 Å². The van der Waals surface area contributed by atoms with Crippen LogP contribution in [0.3, 0.4) is 0 Å². The van der Waals surface area contributed by atoms with Crippen LogP contribution in [-0.2, 0) is 0 Å². The molecule has 0 bridgehead atoms. The number of para-hydroxylation sites is 2. The van der Waals surface area contributed by atoms with Crippen LogP contribution in [0.5, 0.6) is 0 Å². The van der Waals surface area contributed by atoms with Crippen LogP contribution in [0.2, 0.25) is 0 Å². The molecule has 0 aliphatic heterocycles. The van der Waals surface area contributed by atoms with E-state index in [9.17, 15) is 0 Å². The molecule has 0 fully saturated rings. The van der Waals surface area contributed by atoms with Crippen molar-refractivity contribution in [1.29, 1.82) is 0 Å². The summed E-state index contributed by atoms with van der Waals surface area (Å²) in [5.74, 6) is 0. The number of hydrogen-bond acceptors (Lipinski definition) is 2. The molecule has 11 rings (SSSR count). The van der Waals surface area contributed by atoms with Gasteiger partial charge in [-0.2, -0.15) is 0 Å². The van der Waals surface area contributed by atoms with Gasteiger partial charge in [-0.1, -0.05) is 152 Å². The van der Waals surface area contributed by atoms with Gasteiger partial charge in [0.2, 0.25) is 0 Å². The van der Waals surface area contributed by atoms with E-state index >= 15 is 0 Å². The summed E-state index contributed by atoms with van der Waals surface area (Å²) in [6, 6.07) is 78.1. The number of aromatic nitrogens is 1. The van der Waals surface area contributed by atoms with Gasteiger partial charge in [-0.15, -0.1) is 0 Å². The van der Waals surface area contributed by atoms with Crippen molar-refractivity contribution in [2.24, 2.45) is 0 Å². The molecule has 0 unspecified atom stereocenters. The van der Waals surface area contributed by atoms with Crippen molar-refractivity contribution in [2.45, 2.75) is 0 Å². The topological polar surface area (TPSA) is 21.3 Å². The summed E-state index contributed by atoms with van der Waals surface area (Å²) in [5, 5.41) is 4.61. The Morgan fingerprint density at radius 3 is 1.74 bits per heavy atom. The van der Waals surface area contributed by atoms with E-state index < -0.39 is 0 Å². The molecular weight excluding hydrogens is 693 g/mol.